The molecule has 1 aromatic heterocycles. The monoisotopic (exact) mass is 464 g/mol. The van der Waals surface area contributed by atoms with E-state index < -0.39 is 0 Å². The molecular formula is C34H42N+. The van der Waals surface area contributed by atoms with Crippen LogP contribution in [0.2, 0.25) is 0 Å². The predicted octanol–water partition coefficient (Wildman–Crippen LogP) is 9.31. The maximum absolute atomic E-state index is 2.40. The average molecular weight is 465 g/mol. The Kier molecular flexibility index (Phi) is 9.95. The second kappa shape index (κ2) is 13.8. The molecular weight excluding hydrogens is 422 g/mol. The summed E-state index contributed by atoms with van der Waals surface area (Å²) in [5.41, 5.74) is 5.39. The number of unbranched alkanes of at least 4 members (excludes halogenated alkanes) is 9. The van der Waals surface area contributed by atoms with Gasteiger partial charge in [0.15, 0.2) is 12.7 Å². The minimum Gasteiger partial charge on any atom is -0.193 e. The topological polar surface area (TPSA) is 3.88 Å². The lowest BCUT2D eigenvalue weighted by Crippen LogP contribution is -2.36. The van der Waals surface area contributed by atoms with E-state index in [1.54, 1.807) is 0 Å². The van der Waals surface area contributed by atoms with Gasteiger partial charge in [0.2, 0.25) is 5.69 Å². The van der Waals surface area contributed by atoms with Gasteiger partial charge < -0.3 is 0 Å². The van der Waals surface area contributed by atoms with E-state index in [4.69, 9.17) is 0 Å². The van der Waals surface area contributed by atoms with E-state index in [1.807, 2.05) is 0 Å². The van der Waals surface area contributed by atoms with E-state index >= 15 is 0 Å². The van der Waals surface area contributed by atoms with Crippen molar-refractivity contribution in [3.05, 3.63) is 102 Å². The fraction of sp³-hybridized carbons (Fsp3) is 0.382. The lowest BCUT2D eigenvalue weighted by atomic mass is 9.99. The Labute approximate surface area is 212 Å². The quantitative estimate of drug-likeness (QED) is 0.129. The van der Waals surface area contributed by atoms with E-state index in [1.165, 1.54) is 104 Å². The van der Waals surface area contributed by atoms with Crippen molar-refractivity contribution in [1.82, 2.24) is 0 Å². The van der Waals surface area contributed by atoms with Crippen molar-refractivity contribution in [3.8, 4) is 11.3 Å². The normalized spacial score (nSPS) is 11.2. The Bertz CT molecular complexity index is 1140. The smallest absolute Gasteiger partial charge is 0.193 e. The van der Waals surface area contributed by atoms with Crippen molar-refractivity contribution in [2.24, 2.45) is 0 Å². The molecule has 35 heavy (non-hydrogen) atoms. The van der Waals surface area contributed by atoms with E-state index in [0.717, 1.165) is 6.54 Å². The predicted molar refractivity (Wildman–Crippen MR) is 151 cm³/mol. The van der Waals surface area contributed by atoms with Crippen LogP contribution in [0.25, 0.3) is 22.0 Å². The Balaban J connectivity index is 1.36. The van der Waals surface area contributed by atoms with Crippen LogP contribution in [0, 0.1) is 0 Å². The Morgan fingerprint density at radius 3 is 1.89 bits per heavy atom. The highest BCUT2D eigenvalue weighted by Crippen LogP contribution is 2.26. The molecule has 182 valence electrons. The third-order valence-electron chi connectivity index (χ3n) is 7.18. The molecule has 0 saturated carbocycles. The highest BCUT2D eigenvalue weighted by Gasteiger charge is 2.18. The van der Waals surface area contributed by atoms with Crippen LogP contribution in [0.4, 0.5) is 0 Å². The molecule has 0 fully saturated rings. The first-order valence-corrected chi connectivity index (χ1v) is 13.9. The number of hydrogen-bond donors (Lipinski definition) is 0. The number of aromatic nitrogens is 1. The van der Waals surface area contributed by atoms with Gasteiger partial charge in [0, 0.05) is 17.2 Å². The van der Waals surface area contributed by atoms with E-state index in [0.29, 0.717) is 0 Å². The molecule has 0 bridgehead atoms. The zero-order chi connectivity index (χ0) is 24.1. The van der Waals surface area contributed by atoms with Crippen LogP contribution >= 0.6 is 0 Å². The molecule has 0 saturated heterocycles. The van der Waals surface area contributed by atoms with Crippen molar-refractivity contribution in [2.45, 2.75) is 84.1 Å². The molecule has 1 heteroatoms. The van der Waals surface area contributed by atoms with E-state index in [2.05, 4.69) is 103 Å². The second-order valence-electron chi connectivity index (χ2n) is 9.99. The number of fused-ring (bicyclic) bond motifs is 1. The van der Waals surface area contributed by atoms with Gasteiger partial charge in [-0.25, -0.2) is 0 Å². The van der Waals surface area contributed by atoms with Gasteiger partial charge >= 0.3 is 0 Å². The van der Waals surface area contributed by atoms with E-state index in [-0.39, 0.29) is 0 Å². The van der Waals surface area contributed by atoms with Crippen molar-refractivity contribution < 1.29 is 4.57 Å². The number of nitrogens with zero attached hydrogens (tertiary/aromatic N) is 1. The van der Waals surface area contributed by atoms with Crippen LogP contribution in [-0.4, -0.2) is 0 Å². The standard InChI is InChI=1S/C34H42N/c1-2-3-4-5-6-7-8-9-10-12-17-29-22-24-32(25-23-29)34-33-21-16-15-20-31(33)26-27-35(34)28-30-18-13-11-14-19-30/h11,13-16,18-27H,2-10,12,17,28H2,1H3/q+1. The van der Waals surface area contributed by atoms with Gasteiger partial charge in [0.25, 0.3) is 0 Å². The summed E-state index contributed by atoms with van der Waals surface area (Å²) >= 11 is 0. The lowest BCUT2D eigenvalue weighted by Gasteiger charge is -2.09. The number of hydrogen-bond acceptors (Lipinski definition) is 0. The molecule has 3 aromatic carbocycles. The fourth-order valence-corrected chi connectivity index (χ4v) is 5.14. The maximum Gasteiger partial charge on any atom is 0.220 e. The SMILES string of the molecule is CCCCCCCCCCCCc1ccc(-c2c3ccccc3cc[n+]2Cc2ccccc2)cc1. The van der Waals surface area contributed by atoms with E-state index in [9.17, 15) is 0 Å². The Hall–Kier alpha value is -2.93. The first-order valence-electron chi connectivity index (χ1n) is 13.9. The molecule has 0 radical (unpaired) electrons. The number of pyridine rings is 1. The fourth-order valence-electron chi connectivity index (χ4n) is 5.14. The number of rotatable bonds is 14. The molecule has 0 amide bonds. The van der Waals surface area contributed by atoms with Crippen LogP contribution in [-0.2, 0) is 13.0 Å². The molecule has 4 aromatic rings. The van der Waals surface area contributed by atoms with Gasteiger partial charge in [-0.3, -0.25) is 0 Å². The molecule has 4 rings (SSSR count). The van der Waals surface area contributed by atoms with Crippen LogP contribution in [0.15, 0.2) is 91.1 Å². The van der Waals surface area contributed by atoms with Gasteiger partial charge in [0.1, 0.15) is 0 Å². The first-order chi connectivity index (χ1) is 17.3. The Morgan fingerprint density at radius 1 is 0.543 bits per heavy atom. The molecule has 0 aliphatic rings. The maximum atomic E-state index is 2.40. The summed E-state index contributed by atoms with van der Waals surface area (Å²) in [6.07, 6.45) is 17.4. The number of benzene rings is 3. The minimum atomic E-state index is 0.876. The van der Waals surface area contributed by atoms with Crippen molar-refractivity contribution in [2.75, 3.05) is 0 Å². The third-order valence-corrected chi connectivity index (χ3v) is 7.18. The van der Waals surface area contributed by atoms with Crippen molar-refractivity contribution >= 4 is 10.8 Å². The van der Waals surface area contributed by atoms with Crippen LogP contribution in [0.5, 0.6) is 0 Å². The first kappa shape index (κ1) is 25.2. The van der Waals surface area contributed by atoms with Crippen LogP contribution in [0.3, 0.4) is 0 Å². The second-order valence-corrected chi connectivity index (χ2v) is 9.99. The zero-order valence-corrected chi connectivity index (χ0v) is 21.6. The van der Waals surface area contributed by atoms with Gasteiger partial charge in [-0.1, -0.05) is 125 Å². The summed E-state index contributed by atoms with van der Waals surface area (Å²) in [4.78, 5) is 0. The molecule has 0 atom stereocenters. The van der Waals surface area contributed by atoms with Gasteiger partial charge in [-0.15, -0.1) is 0 Å². The minimum absolute atomic E-state index is 0.876. The molecule has 1 heterocycles. The molecule has 1 nitrogen and oxygen atoms in total. The summed E-state index contributed by atoms with van der Waals surface area (Å²) in [5.74, 6) is 0. The Morgan fingerprint density at radius 2 is 1.17 bits per heavy atom. The van der Waals surface area contributed by atoms with Crippen molar-refractivity contribution in [1.29, 1.82) is 0 Å². The molecule has 0 aliphatic heterocycles. The summed E-state index contributed by atoms with van der Waals surface area (Å²) < 4.78 is 2.40. The van der Waals surface area contributed by atoms with Gasteiger partial charge in [-0.05, 0) is 42.0 Å². The lowest BCUT2D eigenvalue weighted by molar-refractivity contribution is -0.676. The largest absolute Gasteiger partial charge is 0.220 e. The highest BCUT2D eigenvalue weighted by molar-refractivity contribution is 5.92. The third kappa shape index (κ3) is 7.52. The molecule has 0 N–H and O–H groups in total. The molecule has 0 spiro atoms. The molecule has 0 aliphatic carbocycles. The average Bonchev–Trinajstić information content (AvgIpc) is 2.91. The van der Waals surface area contributed by atoms with Crippen molar-refractivity contribution in [3.63, 3.8) is 0 Å². The van der Waals surface area contributed by atoms with Crippen LogP contribution < -0.4 is 4.57 Å². The zero-order valence-electron chi connectivity index (χ0n) is 21.6. The van der Waals surface area contributed by atoms with Crippen LogP contribution in [0.1, 0.15) is 82.3 Å². The highest BCUT2D eigenvalue weighted by atomic mass is 15.0. The molecule has 0 unspecified atom stereocenters. The summed E-state index contributed by atoms with van der Waals surface area (Å²) in [5, 5.41) is 2.61. The summed E-state index contributed by atoms with van der Waals surface area (Å²) in [6, 6.07) is 31.1. The summed E-state index contributed by atoms with van der Waals surface area (Å²) in [6.45, 7) is 3.17. The number of aryl methyl sites for hydroxylation is 1. The summed E-state index contributed by atoms with van der Waals surface area (Å²) in [7, 11) is 0. The van der Waals surface area contributed by atoms with Gasteiger partial charge in [-0.2, -0.15) is 4.57 Å². The van der Waals surface area contributed by atoms with Gasteiger partial charge in [0.05, 0.1) is 5.39 Å².